The van der Waals surface area contributed by atoms with E-state index in [0.717, 1.165) is 4.31 Å². The molecule has 9 heteroatoms. The van der Waals surface area contributed by atoms with Gasteiger partial charge in [-0.1, -0.05) is 17.2 Å². The molecule has 1 aliphatic rings. The van der Waals surface area contributed by atoms with Crippen LogP contribution in [-0.4, -0.2) is 24.7 Å². The summed E-state index contributed by atoms with van der Waals surface area (Å²) in [6, 6.07) is 4.22. The highest BCUT2D eigenvalue weighted by Gasteiger charge is 2.38. The average molecular weight is 295 g/mol. The van der Waals surface area contributed by atoms with Gasteiger partial charge in [-0.05, 0) is 31.0 Å². The summed E-state index contributed by atoms with van der Waals surface area (Å²) < 4.78 is 27.2. The van der Waals surface area contributed by atoms with E-state index in [1.54, 1.807) is 26.0 Å². The minimum absolute atomic E-state index is 0.0148. The van der Waals surface area contributed by atoms with Crippen LogP contribution in [0.4, 0.5) is 5.69 Å². The topological polar surface area (TPSA) is 115 Å². The zero-order valence-corrected chi connectivity index (χ0v) is 11.8. The molecule has 0 bridgehead atoms. The third-order valence-electron chi connectivity index (χ3n) is 2.84. The molecule has 0 unspecified atom stereocenters. The summed E-state index contributed by atoms with van der Waals surface area (Å²) in [6.45, 7) is 3.20. The number of nitrogens with zero attached hydrogens (tertiary/aromatic N) is 4. The smallest absolute Gasteiger partial charge is 0.268 e. The van der Waals surface area contributed by atoms with Crippen molar-refractivity contribution in [1.82, 2.24) is 4.31 Å². The number of fused-ring (bicyclic) bond motifs is 1. The number of azide groups is 1. The summed E-state index contributed by atoms with van der Waals surface area (Å²) in [5.41, 5.74) is 9.29. The van der Waals surface area contributed by atoms with E-state index in [2.05, 4.69) is 14.7 Å². The van der Waals surface area contributed by atoms with Gasteiger partial charge >= 0.3 is 10.2 Å². The largest absolute Gasteiger partial charge is 0.326 e. The Hall–Kier alpha value is -2.25. The quantitative estimate of drug-likeness (QED) is 0.522. The van der Waals surface area contributed by atoms with Crippen molar-refractivity contribution in [2.24, 2.45) is 5.11 Å². The Kier molecular flexibility index (Phi) is 3.56. The van der Waals surface area contributed by atoms with Crippen LogP contribution in [0.15, 0.2) is 23.3 Å². The lowest BCUT2D eigenvalue weighted by atomic mass is 10.0. The van der Waals surface area contributed by atoms with E-state index in [-0.39, 0.29) is 17.8 Å². The number of rotatable bonds is 3. The van der Waals surface area contributed by atoms with Crippen LogP contribution in [0.2, 0.25) is 0 Å². The molecule has 0 radical (unpaired) electrons. The molecule has 0 atom stereocenters. The second-order valence-corrected chi connectivity index (χ2v) is 6.08. The highest BCUT2D eigenvalue weighted by atomic mass is 32.2. The number of anilines is 1. The first-order chi connectivity index (χ1) is 9.38. The van der Waals surface area contributed by atoms with E-state index in [9.17, 15) is 13.2 Å². The summed E-state index contributed by atoms with van der Waals surface area (Å²) in [4.78, 5) is 15.1. The molecule has 1 aliphatic heterocycles. The predicted octanol–water partition coefficient (Wildman–Crippen LogP) is 2.02. The van der Waals surface area contributed by atoms with Gasteiger partial charge < -0.3 is 0 Å². The molecule has 8 nitrogen and oxygen atoms in total. The maximum atomic E-state index is 12.4. The Bertz CT molecular complexity index is 707. The van der Waals surface area contributed by atoms with E-state index in [0.29, 0.717) is 5.56 Å². The normalized spacial score (nSPS) is 16.4. The first-order valence-electron chi connectivity index (χ1n) is 5.87. The first kappa shape index (κ1) is 14.2. The number of hydrogen-bond acceptors (Lipinski definition) is 4. The molecule has 0 spiro atoms. The zero-order valence-electron chi connectivity index (χ0n) is 10.9. The number of nitrogens with one attached hydrogen (secondary N) is 1. The fourth-order valence-corrected chi connectivity index (χ4v) is 3.51. The third-order valence-corrected chi connectivity index (χ3v) is 4.42. The molecule has 1 heterocycles. The van der Waals surface area contributed by atoms with Crippen molar-refractivity contribution in [3.05, 3.63) is 39.8 Å². The van der Waals surface area contributed by atoms with E-state index in [1.807, 2.05) is 0 Å². The average Bonchev–Trinajstić information content (AvgIpc) is 2.33. The van der Waals surface area contributed by atoms with Crippen molar-refractivity contribution in [3.8, 4) is 0 Å². The molecule has 0 fully saturated rings. The standard InChI is InChI=1S/C11H13N5O3S/c1-7(2)16-11(17)10-8(6-13-15-12)4-3-5-9(10)14-20(16,18)19/h3-5,7,14H,6H2,1-2H3. The molecule has 0 aromatic heterocycles. The molecule has 0 saturated heterocycles. The molecular formula is C11H13N5O3S. The molecule has 0 aliphatic carbocycles. The molecule has 20 heavy (non-hydrogen) atoms. The van der Waals surface area contributed by atoms with Crippen LogP contribution in [0.3, 0.4) is 0 Å². The highest BCUT2D eigenvalue weighted by Crippen LogP contribution is 2.30. The van der Waals surface area contributed by atoms with Gasteiger partial charge in [0.2, 0.25) is 0 Å². The summed E-state index contributed by atoms with van der Waals surface area (Å²) >= 11 is 0. The van der Waals surface area contributed by atoms with E-state index < -0.39 is 22.2 Å². The van der Waals surface area contributed by atoms with Crippen LogP contribution < -0.4 is 4.72 Å². The van der Waals surface area contributed by atoms with Crippen molar-refractivity contribution >= 4 is 21.8 Å². The summed E-state index contributed by atoms with van der Waals surface area (Å²) in [7, 11) is -3.89. The van der Waals surface area contributed by atoms with Crippen molar-refractivity contribution in [1.29, 1.82) is 0 Å². The van der Waals surface area contributed by atoms with Gasteiger partial charge in [-0.15, -0.1) is 0 Å². The molecule has 2 rings (SSSR count). The lowest BCUT2D eigenvalue weighted by Gasteiger charge is -2.32. The number of carbonyl (C=O) groups excluding carboxylic acids is 1. The van der Waals surface area contributed by atoms with Crippen molar-refractivity contribution in [2.45, 2.75) is 26.4 Å². The number of benzene rings is 1. The Balaban J connectivity index is 2.62. The lowest BCUT2D eigenvalue weighted by molar-refractivity contribution is 0.0833. The van der Waals surface area contributed by atoms with Gasteiger partial charge in [-0.25, -0.2) is 4.31 Å². The molecule has 0 saturated carbocycles. The minimum Gasteiger partial charge on any atom is -0.268 e. The van der Waals surface area contributed by atoms with Gasteiger partial charge in [0.25, 0.3) is 5.91 Å². The number of carbonyl (C=O) groups is 1. The Morgan fingerprint density at radius 1 is 1.45 bits per heavy atom. The van der Waals surface area contributed by atoms with Crippen LogP contribution in [0, 0.1) is 0 Å². The van der Waals surface area contributed by atoms with Crippen LogP contribution >= 0.6 is 0 Å². The van der Waals surface area contributed by atoms with Crippen LogP contribution in [0.1, 0.15) is 29.8 Å². The van der Waals surface area contributed by atoms with Gasteiger partial charge in [-0.2, -0.15) is 8.42 Å². The SMILES string of the molecule is CC(C)N1C(=O)c2c(CN=[N+]=[N-])cccc2NS1(=O)=O. The maximum Gasteiger partial charge on any atom is 0.326 e. The van der Waals surface area contributed by atoms with Gasteiger partial charge in [0, 0.05) is 11.0 Å². The summed E-state index contributed by atoms with van der Waals surface area (Å²) in [6.07, 6.45) is 0. The molecule has 1 N–H and O–H groups in total. The van der Waals surface area contributed by atoms with Crippen LogP contribution in [0.5, 0.6) is 0 Å². The fraction of sp³-hybridized carbons (Fsp3) is 0.364. The number of amides is 1. The predicted molar refractivity (Wildman–Crippen MR) is 73.1 cm³/mol. The zero-order chi connectivity index (χ0) is 14.9. The maximum absolute atomic E-state index is 12.4. The lowest BCUT2D eigenvalue weighted by Crippen LogP contribution is -2.48. The third kappa shape index (κ3) is 2.28. The van der Waals surface area contributed by atoms with Gasteiger partial charge in [-0.3, -0.25) is 9.52 Å². The highest BCUT2D eigenvalue weighted by molar-refractivity contribution is 7.91. The van der Waals surface area contributed by atoms with Gasteiger partial charge in [0.15, 0.2) is 0 Å². The Morgan fingerprint density at radius 3 is 2.75 bits per heavy atom. The van der Waals surface area contributed by atoms with Crippen molar-refractivity contribution in [2.75, 3.05) is 4.72 Å². The summed E-state index contributed by atoms with van der Waals surface area (Å²) in [5.74, 6) is -0.613. The van der Waals surface area contributed by atoms with E-state index >= 15 is 0 Å². The van der Waals surface area contributed by atoms with Gasteiger partial charge in [0.1, 0.15) is 0 Å². The van der Waals surface area contributed by atoms with Gasteiger partial charge in [0.05, 0.1) is 17.8 Å². The van der Waals surface area contributed by atoms with Crippen LogP contribution in [-0.2, 0) is 16.8 Å². The first-order valence-corrected chi connectivity index (χ1v) is 7.31. The summed E-state index contributed by atoms with van der Waals surface area (Å²) in [5, 5.41) is 3.42. The van der Waals surface area contributed by atoms with Crippen molar-refractivity contribution in [3.63, 3.8) is 0 Å². The monoisotopic (exact) mass is 295 g/mol. The Labute approximate surface area is 116 Å². The molecule has 1 aromatic carbocycles. The molecule has 1 amide bonds. The number of hydrogen-bond donors (Lipinski definition) is 1. The minimum atomic E-state index is -3.89. The van der Waals surface area contributed by atoms with E-state index in [1.165, 1.54) is 6.07 Å². The molecule has 1 aromatic rings. The second kappa shape index (κ2) is 5.03. The molecule has 106 valence electrons. The van der Waals surface area contributed by atoms with Crippen LogP contribution in [0.25, 0.3) is 10.4 Å². The van der Waals surface area contributed by atoms with Crippen molar-refractivity contribution < 1.29 is 13.2 Å². The fourth-order valence-electron chi connectivity index (χ4n) is 2.10. The molecular weight excluding hydrogens is 282 g/mol. The Morgan fingerprint density at radius 2 is 2.15 bits per heavy atom. The second-order valence-electron chi connectivity index (χ2n) is 4.53. The van der Waals surface area contributed by atoms with E-state index in [4.69, 9.17) is 5.53 Å².